The van der Waals surface area contributed by atoms with Crippen molar-refractivity contribution < 1.29 is 12.8 Å². The number of sulfonamides is 1. The van der Waals surface area contributed by atoms with Gasteiger partial charge in [0.2, 0.25) is 10.0 Å². The van der Waals surface area contributed by atoms with E-state index in [-0.39, 0.29) is 9.64 Å². The number of thioether (sulfide) groups is 1. The minimum atomic E-state index is -3.75. The Labute approximate surface area is 123 Å². The first-order valence-electron chi connectivity index (χ1n) is 6.45. The largest absolute Gasteiger partial charge is 0.329 e. The first kappa shape index (κ1) is 15.8. The Hall–Kier alpha value is -0.630. The maximum atomic E-state index is 13.7. The van der Waals surface area contributed by atoms with Gasteiger partial charge in [-0.25, -0.2) is 12.8 Å². The van der Waals surface area contributed by atoms with Crippen molar-refractivity contribution in [2.24, 2.45) is 5.73 Å². The first-order valence-corrected chi connectivity index (χ1v) is 9.11. The molecule has 112 valence electrons. The van der Waals surface area contributed by atoms with Crippen LogP contribution in [0.5, 0.6) is 0 Å². The van der Waals surface area contributed by atoms with E-state index in [1.54, 1.807) is 11.8 Å². The van der Waals surface area contributed by atoms with E-state index >= 15 is 0 Å². The van der Waals surface area contributed by atoms with Gasteiger partial charge in [0.1, 0.15) is 10.7 Å². The number of hydrogen-bond acceptors (Lipinski definition) is 4. The van der Waals surface area contributed by atoms with Gasteiger partial charge in [-0.1, -0.05) is 12.1 Å². The van der Waals surface area contributed by atoms with Gasteiger partial charge in [-0.05, 0) is 31.2 Å². The Bertz CT molecular complexity index is 563. The highest BCUT2D eigenvalue weighted by Crippen LogP contribution is 2.35. The molecule has 1 aliphatic rings. The maximum Gasteiger partial charge on any atom is 0.245 e. The van der Waals surface area contributed by atoms with E-state index in [1.165, 1.54) is 28.6 Å². The summed E-state index contributed by atoms with van der Waals surface area (Å²) in [6, 6.07) is 5.50. The van der Waals surface area contributed by atoms with Gasteiger partial charge in [0, 0.05) is 24.4 Å². The molecule has 0 aliphatic carbocycles. The van der Waals surface area contributed by atoms with Crippen LogP contribution >= 0.6 is 11.8 Å². The second kappa shape index (κ2) is 6.01. The number of halogens is 1. The number of nitrogens with zero attached hydrogens (tertiary/aromatic N) is 1. The summed E-state index contributed by atoms with van der Waals surface area (Å²) in [4.78, 5) is -0.246. The van der Waals surface area contributed by atoms with Crippen molar-refractivity contribution in [2.45, 2.75) is 22.5 Å². The van der Waals surface area contributed by atoms with Crippen LogP contribution in [0.15, 0.2) is 29.2 Å². The molecule has 0 bridgehead atoms. The van der Waals surface area contributed by atoms with Gasteiger partial charge in [-0.3, -0.25) is 0 Å². The summed E-state index contributed by atoms with van der Waals surface area (Å²) in [5.74, 6) is -0.701. The minimum absolute atomic E-state index is 0.0543. The van der Waals surface area contributed by atoms with Crippen molar-refractivity contribution in [3.05, 3.63) is 30.1 Å². The van der Waals surface area contributed by atoms with Crippen LogP contribution in [0.4, 0.5) is 4.39 Å². The summed E-state index contributed by atoms with van der Waals surface area (Å²) >= 11 is 1.68. The molecule has 1 aromatic carbocycles. The van der Waals surface area contributed by atoms with E-state index in [0.717, 1.165) is 0 Å². The van der Waals surface area contributed by atoms with Crippen molar-refractivity contribution in [1.29, 1.82) is 0 Å². The molecular weight excluding hydrogens is 299 g/mol. The zero-order valence-electron chi connectivity index (χ0n) is 11.4. The second-order valence-electron chi connectivity index (χ2n) is 4.93. The Morgan fingerprint density at radius 1 is 1.35 bits per heavy atom. The summed E-state index contributed by atoms with van der Waals surface area (Å²) < 4.78 is 39.9. The van der Waals surface area contributed by atoms with Crippen LogP contribution in [0.3, 0.4) is 0 Å². The molecule has 20 heavy (non-hydrogen) atoms. The smallest absolute Gasteiger partial charge is 0.245 e. The summed E-state index contributed by atoms with van der Waals surface area (Å²) in [6.45, 7) is 1.30. The number of nitrogens with two attached hydrogens (primary N) is 1. The zero-order valence-corrected chi connectivity index (χ0v) is 13.0. The second-order valence-corrected chi connectivity index (χ2v) is 8.11. The highest BCUT2D eigenvalue weighted by atomic mass is 32.2. The van der Waals surface area contributed by atoms with E-state index < -0.39 is 15.8 Å². The third-order valence-corrected chi connectivity index (χ3v) is 7.27. The molecular formula is C13H19FN2O2S2. The fourth-order valence-corrected chi connectivity index (χ4v) is 4.68. The van der Waals surface area contributed by atoms with Crippen molar-refractivity contribution in [3.63, 3.8) is 0 Å². The van der Waals surface area contributed by atoms with Gasteiger partial charge in [0.05, 0.1) is 0 Å². The molecule has 1 aromatic rings. The minimum Gasteiger partial charge on any atom is -0.329 e. The Morgan fingerprint density at radius 3 is 2.45 bits per heavy atom. The number of rotatable bonds is 4. The highest BCUT2D eigenvalue weighted by molar-refractivity contribution is 8.00. The van der Waals surface area contributed by atoms with E-state index in [4.69, 9.17) is 5.73 Å². The summed E-state index contributed by atoms with van der Waals surface area (Å²) in [5, 5.41) is 0. The average molecular weight is 318 g/mol. The van der Waals surface area contributed by atoms with Gasteiger partial charge in [0.25, 0.3) is 0 Å². The molecule has 0 radical (unpaired) electrons. The van der Waals surface area contributed by atoms with Gasteiger partial charge in [0.15, 0.2) is 0 Å². The predicted octanol–water partition coefficient (Wildman–Crippen LogP) is 1.67. The molecule has 2 N–H and O–H groups in total. The molecule has 1 fully saturated rings. The quantitative estimate of drug-likeness (QED) is 0.917. The fourth-order valence-electron chi connectivity index (χ4n) is 2.42. The number of piperidine rings is 1. The molecule has 0 unspecified atom stereocenters. The van der Waals surface area contributed by atoms with E-state index in [2.05, 4.69) is 0 Å². The number of hydrogen-bond donors (Lipinski definition) is 1. The van der Waals surface area contributed by atoms with Crippen LogP contribution in [-0.4, -0.2) is 43.4 Å². The third-order valence-electron chi connectivity index (χ3n) is 3.89. The lowest BCUT2D eigenvalue weighted by Crippen LogP contribution is -2.48. The van der Waals surface area contributed by atoms with Gasteiger partial charge < -0.3 is 5.73 Å². The highest BCUT2D eigenvalue weighted by Gasteiger charge is 2.37. The molecule has 4 nitrogen and oxygen atoms in total. The summed E-state index contributed by atoms with van der Waals surface area (Å²) in [7, 11) is -3.75. The summed E-state index contributed by atoms with van der Waals surface area (Å²) in [5.41, 5.74) is 5.79. The molecule has 0 saturated carbocycles. The SMILES string of the molecule is CSC1(CN)CCN(S(=O)(=O)c2ccccc2F)CC1. The first-order chi connectivity index (χ1) is 9.45. The van der Waals surface area contributed by atoms with Crippen LogP contribution in [0.25, 0.3) is 0 Å². The van der Waals surface area contributed by atoms with Crippen LogP contribution in [0.2, 0.25) is 0 Å². The van der Waals surface area contributed by atoms with Crippen LogP contribution < -0.4 is 5.73 Å². The molecule has 0 aromatic heterocycles. The molecule has 1 heterocycles. The maximum absolute atomic E-state index is 13.7. The molecule has 2 rings (SSSR count). The third kappa shape index (κ3) is 2.86. The van der Waals surface area contributed by atoms with Crippen molar-refractivity contribution in [3.8, 4) is 0 Å². The van der Waals surface area contributed by atoms with Crippen LogP contribution in [-0.2, 0) is 10.0 Å². The van der Waals surface area contributed by atoms with Crippen molar-refractivity contribution >= 4 is 21.8 Å². The van der Waals surface area contributed by atoms with E-state index in [1.807, 2.05) is 6.26 Å². The van der Waals surface area contributed by atoms with Crippen molar-refractivity contribution in [2.75, 3.05) is 25.9 Å². The number of benzene rings is 1. The standard InChI is InChI=1S/C13H19FN2O2S2/c1-19-13(10-15)6-8-16(9-7-13)20(17,18)12-5-3-2-4-11(12)14/h2-5H,6-10,15H2,1H3. The Morgan fingerprint density at radius 2 is 1.95 bits per heavy atom. The van der Waals surface area contributed by atoms with Crippen LogP contribution in [0, 0.1) is 5.82 Å². The van der Waals surface area contributed by atoms with Gasteiger partial charge in [-0.15, -0.1) is 0 Å². The average Bonchev–Trinajstić information content (AvgIpc) is 2.47. The lowest BCUT2D eigenvalue weighted by atomic mass is 9.97. The predicted molar refractivity (Wildman–Crippen MR) is 79.7 cm³/mol. The van der Waals surface area contributed by atoms with Crippen molar-refractivity contribution in [1.82, 2.24) is 4.31 Å². The fraction of sp³-hybridized carbons (Fsp3) is 0.538. The van der Waals surface area contributed by atoms with Gasteiger partial charge >= 0.3 is 0 Å². The Kier molecular flexibility index (Phi) is 4.73. The van der Waals surface area contributed by atoms with E-state index in [9.17, 15) is 12.8 Å². The lowest BCUT2D eigenvalue weighted by molar-refractivity contribution is 0.300. The van der Waals surface area contributed by atoms with Crippen LogP contribution in [0.1, 0.15) is 12.8 Å². The molecule has 7 heteroatoms. The molecule has 0 spiro atoms. The Balaban J connectivity index is 2.20. The topological polar surface area (TPSA) is 63.4 Å². The molecule has 1 aliphatic heterocycles. The molecule has 1 saturated heterocycles. The lowest BCUT2D eigenvalue weighted by Gasteiger charge is -2.39. The van der Waals surface area contributed by atoms with Gasteiger partial charge in [-0.2, -0.15) is 16.1 Å². The summed E-state index contributed by atoms with van der Waals surface area (Å²) in [6.07, 6.45) is 3.38. The normalized spacial score (nSPS) is 19.9. The molecule has 0 amide bonds. The zero-order chi connectivity index (χ0) is 14.8. The molecule has 0 atom stereocenters. The van der Waals surface area contributed by atoms with E-state index in [0.29, 0.717) is 32.5 Å². The monoisotopic (exact) mass is 318 g/mol.